The molecule has 0 aliphatic rings. The highest BCUT2D eigenvalue weighted by atomic mass is 15.1. The van der Waals surface area contributed by atoms with Crippen LogP contribution in [-0.4, -0.2) is 18.5 Å². The zero-order valence-electron chi connectivity index (χ0n) is 11.5. The molecule has 0 aromatic heterocycles. The Morgan fingerprint density at radius 1 is 0.882 bits per heavy atom. The lowest BCUT2D eigenvalue weighted by atomic mass is 10.1. The first-order valence-corrected chi connectivity index (χ1v) is 7.05. The lowest BCUT2D eigenvalue weighted by Crippen LogP contribution is -2.18. The maximum Gasteiger partial charge on any atom is 0.0230 e. The van der Waals surface area contributed by atoms with E-state index in [4.69, 9.17) is 0 Å². The van der Waals surface area contributed by atoms with Gasteiger partial charge in [0, 0.05) is 6.54 Å². The molecule has 1 heteroatoms. The van der Waals surface area contributed by atoms with Crippen LogP contribution in [0.25, 0.3) is 0 Å². The fraction of sp³-hybridized carbons (Fsp3) is 0.625. The van der Waals surface area contributed by atoms with E-state index in [1.165, 1.54) is 50.6 Å². The second-order valence-corrected chi connectivity index (χ2v) is 4.99. The Morgan fingerprint density at radius 2 is 1.53 bits per heavy atom. The van der Waals surface area contributed by atoms with Crippen molar-refractivity contribution in [3.05, 3.63) is 35.9 Å². The predicted molar refractivity (Wildman–Crippen MR) is 76.2 cm³/mol. The summed E-state index contributed by atoms with van der Waals surface area (Å²) in [6.45, 7) is 4.57. The lowest BCUT2D eigenvalue weighted by molar-refractivity contribution is 0.316. The first kappa shape index (κ1) is 14.2. The topological polar surface area (TPSA) is 3.24 Å². The molecule has 1 aromatic carbocycles. The minimum absolute atomic E-state index is 1.08. The van der Waals surface area contributed by atoms with Crippen LogP contribution in [0.3, 0.4) is 0 Å². The fourth-order valence-corrected chi connectivity index (χ4v) is 2.14. The Labute approximate surface area is 107 Å². The summed E-state index contributed by atoms with van der Waals surface area (Å²) < 4.78 is 0. The Morgan fingerprint density at radius 3 is 2.24 bits per heavy atom. The quantitative estimate of drug-likeness (QED) is 0.568. The molecule has 0 bridgehead atoms. The van der Waals surface area contributed by atoms with Gasteiger partial charge in [0.2, 0.25) is 0 Å². The van der Waals surface area contributed by atoms with Gasteiger partial charge in [0.1, 0.15) is 0 Å². The van der Waals surface area contributed by atoms with E-state index < -0.39 is 0 Å². The van der Waals surface area contributed by atoms with Crippen molar-refractivity contribution in [3.63, 3.8) is 0 Å². The zero-order chi connectivity index (χ0) is 12.3. The molecule has 96 valence electrons. The first-order chi connectivity index (χ1) is 8.33. The molecular weight excluding hydrogens is 206 g/mol. The summed E-state index contributed by atoms with van der Waals surface area (Å²) in [5.41, 5.74) is 1.42. The van der Waals surface area contributed by atoms with Crippen molar-refractivity contribution in [2.45, 2.75) is 52.0 Å². The molecule has 0 N–H and O–H groups in total. The zero-order valence-corrected chi connectivity index (χ0v) is 11.5. The van der Waals surface area contributed by atoms with Gasteiger partial charge in [-0.2, -0.15) is 0 Å². The first-order valence-electron chi connectivity index (χ1n) is 7.05. The van der Waals surface area contributed by atoms with Crippen molar-refractivity contribution in [2.75, 3.05) is 13.6 Å². The Bertz CT molecular complexity index is 268. The van der Waals surface area contributed by atoms with Crippen LogP contribution in [0.5, 0.6) is 0 Å². The van der Waals surface area contributed by atoms with Crippen LogP contribution in [-0.2, 0) is 6.54 Å². The molecule has 1 nitrogen and oxygen atoms in total. The maximum atomic E-state index is 2.43. The van der Waals surface area contributed by atoms with Crippen molar-refractivity contribution in [1.29, 1.82) is 0 Å². The van der Waals surface area contributed by atoms with Crippen LogP contribution in [0.15, 0.2) is 30.3 Å². The number of rotatable bonds is 9. The summed E-state index contributed by atoms with van der Waals surface area (Å²) in [5, 5.41) is 0. The van der Waals surface area contributed by atoms with E-state index in [9.17, 15) is 0 Å². The average molecular weight is 233 g/mol. The van der Waals surface area contributed by atoms with Crippen molar-refractivity contribution in [3.8, 4) is 0 Å². The average Bonchev–Trinajstić information content (AvgIpc) is 2.35. The molecule has 0 radical (unpaired) electrons. The molecule has 0 atom stereocenters. The van der Waals surface area contributed by atoms with E-state index in [2.05, 4.69) is 49.2 Å². The van der Waals surface area contributed by atoms with Crippen molar-refractivity contribution >= 4 is 0 Å². The molecule has 1 rings (SSSR count). The van der Waals surface area contributed by atoms with Gasteiger partial charge in [-0.15, -0.1) is 0 Å². The highest BCUT2D eigenvalue weighted by molar-refractivity contribution is 5.14. The molecule has 0 amide bonds. The smallest absolute Gasteiger partial charge is 0.0230 e. The molecule has 0 spiro atoms. The third-order valence-corrected chi connectivity index (χ3v) is 3.19. The lowest BCUT2D eigenvalue weighted by Gasteiger charge is -2.16. The van der Waals surface area contributed by atoms with Gasteiger partial charge in [-0.3, -0.25) is 0 Å². The van der Waals surface area contributed by atoms with E-state index in [0.717, 1.165) is 6.54 Å². The maximum absolute atomic E-state index is 2.43. The van der Waals surface area contributed by atoms with Gasteiger partial charge in [0.15, 0.2) is 0 Å². The van der Waals surface area contributed by atoms with E-state index in [1.54, 1.807) is 0 Å². The summed E-state index contributed by atoms with van der Waals surface area (Å²) in [4.78, 5) is 2.43. The molecule has 1 aromatic rings. The van der Waals surface area contributed by atoms with E-state index in [0.29, 0.717) is 0 Å². The predicted octanol–water partition coefficient (Wildman–Crippen LogP) is 4.48. The second-order valence-electron chi connectivity index (χ2n) is 4.99. The minimum Gasteiger partial charge on any atom is -0.302 e. The SMILES string of the molecule is CCCCCCCCN(C)Cc1ccccc1. The molecule has 17 heavy (non-hydrogen) atoms. The third kappa shape index (κ3) is 7.17. The van der Waals surface area contributed by atoms with Gasteiger partial charge in [0.05, 0.1) is 0 Å². The van der Waals surface area contributed by atoms with E-state index in [-0.39, 0.29) is 0 Å². The fourth-order valence-electron chi connectivity index (χ4n) is 2.14. The summed E-state index contributed by atoms with van der Waals surface area (Å²) >= 11 is 0. The molecule has 0 heterocycles. The van der Waals surface area contributed by atoms with Crippen molar-refractivity contribution in [1.82, 2.24) is 4.90 Å². The van der Waals surface area contributed by atoms with Crippen molar-refractivity contribution < 1.29 is 0 Å². The minimum atomic E-state index is 1.08. The summed E-state index contributed by atoms with van der Waals surface area (Å²) in [5.74, 6) is 0. The Kier molecular flexibility index (Phi) is 7.74. The number of benzene rings is 1. The largest absolute Gasteiger partial charge is 0.302 e. The van der Waals surface area contributed by atoms with Gasteiger partial charge in [-0.05, 0) is 25.6 Å². The summed E-state index contributed by atoms with van der Waals surface area (Å²) in [6.07, 6.45) is 8.30. The molecule has 0 unspecified atom stereocenters. The van der Waals surface area contributed by atoms with Gasteiger partial charge in [0.25, 0.3) is 0 Å². The monoisotopic (exact) mass is 233 g/mol. The number of hydrogen-bond acceptors (Lipinski definition) is 1. The molecule has 0 saturated heterocycles. The van der Waals surface area contributed by atoms with Crippen LogP contribution in [0.2, 0.25) is 0 Å². The molecule has 0 fully saturated rings. The molecule has 0 aliphatic heterocycles. The standard InChI is InChI=1S/C16H27N/c1-3-4-5-6-7-11-14-17(2)15-16-12-9-8-10-13-16/h8-10,12-13H,3-7,11,14-15H2,1-2H3. The van der Waals surface area contributed by atoms with Crippen LogP contribution < -0.4 is 0 Å². The van der Waals surface area contributed by atoms with Crippen LogP contribution in [0, 0.1) is 0 Å². The number of unbranched alkanes of at least 4 members (excludes halogenated alkanes) is 5. The van der Waals surface area contributed by atoms with Crippen LogP contribution in [0.4, 0.5) is 0 Å². The second kappa shape index (κ2) is 9.23. The summed E-state index contributed by atoms with van der Waals surface area (Å²) in [7, 11) is 2.22. The van der Waals surface area contributed by atoms with Gasteiger partial charge in [-0.25, -0.2) is 0 Å². The van der Waals surface area contributed by atoms with E-state index >= 15 is 0 Å². The molecule has 0 saturated carbocycles. The van der Waals surface area contributed by atoms with Gasteiger partial charge < -0.3 is 4.90 Å². The van der Waals surface area contributed by atoms with Gasteiger partial charge in [-0.1, -0.05) is 69.4 Å². The molecule has 0 aliphatic carbocycles. The highest BCUT2D eigenvalue weighted by Crippen LogP contribution is 2.07. The number of hydrogen-bond donors (Lipinski definition) is 0. The normalized spacial score (nSPS) is 11.0. The van der Waals surface area contributed by atoms with E-state index in [1.807, 2.05) is 0 Å². The number of nitrogens with zero attached hydrogens (tertiary/aromatic N) is 1. The third-order valence-electron chi connectivity index (χ3n) is 3.19. The highest BCUT2D eigenvalue weighted by Gasteiger charge is 1.99. The van der Waals surface area contributed by atoms with Crippen LogP contribution >= 0.6 is 0 Å². The van der Waals surface area contributed by atoms with Crippen molar-refractivity contribution in [2.24, 2.45) is 0 Å². The molecular formula is C16H27N. The Balaban J connectivity index is 2.03. The van der Waals surface area contributed by atoms with Gasteiger partial charge >= 0.3 is 0 Å². The summed E-state index contributed by atoms with van der Waals surface area (Å²) in [6, 6.07) is 10.7. The van der Waals surface area contributed by atoms with Crippen LogP contribution in [0.1, 0.15) is 51.0 Å². The Hall–Kier alpha value is -0.820.